The van der Waals surface area contributed by atoms with Crippen LogP contribution < -0.4 is 11.1 Å². The van der Waals surface area contributed by atoms with Crippen LogP contribution >= 0.6 is 0 Å². The molecule has 1 atom stereocenters. The Morgan fingerprint density at radius 3 is 2.33 bits per heavy atom. The third kappa shape index (κ3) is 4.55. The number of benzene rings is 1. The van der Waals surface area contributed by atoms with Crippen LogP contribution in [0.5, 0.6) is 0 Å². The van der Waals surface area contributed by atoms with Crippen LogP contribution in [0.25, 0.3) is 0 Å². The summed E-state index contributed by atoms with van der Waals surface area (Å²) in [6.07, 6.45) is 4.30. The molecular weight excluding hydrogens is 264 g/mol. The second kappa shape index (κ2) is 7.57. The average molecular weight is 290 g/mol. The normalized spacial score (nSPS) is 23.7. The number of carbonyl (C=O) groups is 1. The Kier molecular flexibility index (Phi) is 5.76. The number of aliphatic carboxylic acids is 1. The van der Waals surface area contributed by atoms with Gasteiger partial charge in [-0.15, -0.1) is 0 Å². The van der Waals surface area contributed by atoms with E-state index in [1.165, 1.54) is 0 Å². The number of rotatable bonds is 6. The maximum atomic E-state index is 11.5. The number of carboxylic acids is 1. The van der Waals surface area contributed by atoms with Gasteiger partial charge in [0.05, 0.1) is 0 Å². The van der Waals surface area contributed by atoms with Crippen molar-refractivity contribution < 1.29 is 9.90 Å². The van der Waals surface area contributed by atoms with Gasteiger partial charge in [-0.2, -0.15) is 0 Å². The Labute approximate surface area is 126 Å². The first kappa shape index (κ1) is 16.0. The summed E-state index contributed by atoms with van der Waals surface area (Å²) in [5.41, 5.74) is 7.77. The van der Waals surface area contributed by atoms with E-state index >= 15 is 0 Å². The molecule has 0 heterocycles. The van der Waals surface area contributed by atoms with E-state index < -0.39 is 12.0 Å². The van der Waals surface area contributed by atoms with Crippen molar-refractivity contribution in [2.24, 2.45) is 17.6 Å². The van der Waals surface area contributed by atoms with Crippen molar-refractivity contribution in [3.63, 3.8) is 0 Å². The lowest BCUT2D eigenvalue weighted by Gasteiger charge is -2.31. The first-order chi connectivity index (χ1) is 10.1. The Morgan fingerprint density at radius 1 is 1.24 bits per heavy atom. The molecule has 1 aromatic carbocycles. The molecule has 0 aliphatic heterocycles. The van der Waals surface area contributed by atoms with Gasteiger partial charge in [0.15, 0.2) is 0 Å². The van der Waals surface area contributed by atoms with Gasteiger partial charge in [-0.25, -0.2) is 0 Å². The van der Waals surface area contributed by atoms with Gasteiger partial charge >= 0.3 is 5.97 Å². The van der Waals surface area contributed by atoms with Gasteiger partial charge in [0, 0.05) is 13.1 Å². The summed E-state index contributed by atoms with van der Waals surface area (Å²) < 4.78 is 0. The molecule has 0 bridgehead atoms. The van der Waals surface area contributed by atoms with Crippen molar-refractivity contribution in [3.8, 4) is 0 Å². The molecule has 1 fully saturated rings. The van der Waals surface area contributed by atoms with Crippen molar-refractivity contribution in [3.05, 3.63) is 35.4 Å². The highest BCUT2D eigenvalue weighted by atomic mass is 16.4. The maximum Gasteiger partial charge on any atom is 0.320 e. The molecule has 0 unspecified atom stereocenters. The minimum absolute atomic E-state index is 0.252. The molecule has 116 valence electrons. The number of nitrogens with two attached hydrogens (primary N) is 1. The molecule has 0 aromatic heterocycles. The molecule has 0 saturated heterocycles. The summed E-state index contributed by atoms with van der Waals surface area (Å²) in [5.74, 6) is 0.259. The van der Waals surface area contributed by atoms with E-state index in [0.29, 0.717) is 13.1 Å². The van der Waals surface area contributed by atoms with Crippen LogP contribution in [0.2, 0.25) is 0 Å². The van der Waals surface area contributed by atoms with Gasteiger partial charge in [0.25, 0.3) is 0 Å². The van der Waals surface area contributed by atoms with Gasteiger partial charge in [-0.1, -0.05) is 44.0 Å². The van der Waals surface area contributed by atoms with E-state index in [0.717, 1.165) is 42.7 Å². The molecule has 21 heavy (non-hydrogen) atoms. The van der Waals surface area contributed by atoms with Crippen LogP contribution in [0.1, 0.15) is 43.7 Å². The van der Waals surface area contributed by atoms with E-state index in [4.69, 9.17) is 5.73 Å². The fraction of sp³-hybridized carbons (Fsp3) is 0.588. The number of nitrogens with one attached hydrogen (secondary N) is 1. The van der Waals surface area contributed by atoms with E-state index in [9.17, 15) is 9.90 Å². The SMILES string of the molecule is CC1CCC([C@H](NCc2ccc(CN)cc2)C(=O)O)CC1. The number of hydrogen-bond donors (Lipinski definition) is 3. The molecule has 4 heteroatoms. The van der Waals surface area contributed by atoms with Crippen molar-refractivity contribution in [2.45, 2.75) is 51.7 Å². The van der Waals surface area contributed by atoms with Crippen LogP contribution in [0.3, 0.4) is 0 Å². The molecule has 1 aromatic rings. The van der Waals surface area contributed by atoms with Gasteiger partial charge in [-0.05, 0) is 35.8 Å². The van der Waals surface area contributed by atoms with Gasteiger partial charge < -0.3 is 16.2 Å². The Balaban J connectivity index is 1.91. The van der Waals surface area contributed by atoms with Crippen LogP contribution in [-0.2, 0) is 17.9 Å². The molecule has 2 rings (SSSR count). The van der Waals surface area contributed by atoms with Crippen LogP contribution in [0, 0.1) is 11.8 Å². The summed E-state index contributed by atoms with van der Waals surface area (Å²) in [6, 6.07) is 7.57. The Morgan fingerprint density at radius 2 is 1.81 bits per heavy atom. The minimum atomic E-state index is -0.729. The second-order valence-corrected chi connectivity index (χ2v) is 6.24. The van der Waals surface area contributed by atoms with Crippen molar-refractivity contribution in [2.75, 3.05) is 0 Å². The van der Waals surface area contributed by atoms with E-state index in [2.05, 4.69) is 12.2 Å². The fourth-order valence-electron chi connectivity index (χ4n) is 3.10. The third-order valence-electron chi connectivity index (χ3n) is 4.58. The highest BCUT2D eigenvalue weighted by Crippen LogP contribution is 2.30. The third-order valence-corrected chi connectivity index (χ3v) is 4.58. The average Bonchev–Trinajstić information content (AvgIpc) is 2.49. The zero-order chi connectivity index (χ0) is 15.2. The molecule has 0 amide bonds. The van der Waals surface area contributed by atoms with E-state index in [1.54, 1.807) is 0 Å². The lowest BCUT2D eigenvalue weighted by atomic mass is 9.79. The largest absolute Gasteiger partial charge is 0.480 e. The lowest BCUT2D eigenvalue weighted by molar-refractivity contribution is -0.141. The molecular formula is C17H26N2O2. The summed E-state index contributed by atoms with van der Waals surface area (Å²) in [6.45, 7) is 3.37. The Bertz CT molecular complexity index is 450. The van der Waals surface area contributed by atoms with Crippen LogP contribution in [0.4, 0.5) is 0 Å². The van der Waals surface area contributed by atoms with E-state index in [1.807, 2.05) is 24.3 Å². The maximum absolute atomic E-state index is 11.5. The summed E-state index contributed by atoms with van der Waals surface area (Å²) in [5, 5.41) is 12.7. The van der Waals surface area contributed by atoms with Crippen LogP contribution in [0.15, 0.2) is 24.3 Å². The van der Waals surface area contributed by atoms with Gasteiger partial charge in [0.1, 0.15) is 6.04 Å². The molecule has 4 nitrogen and oxygen atoms in total. The van der Waals surface area contributed by atoms with Gasteiger partial charge in [0.2, 0.25) is 0 Å². The number of hydrogen-bond acceptors (Lipinski definition) is 3. The predicted octanol–water partition coefficient (Wildman–Crippen LogP) is 2.51. The molecule has 1 aliphatic carbocycles. The minimum Gasteiger partial charge on any atom is -0.480 e. The summed E-state index contributed by atoms with van der Waals surface area (Å²) >= 11 is 0. The molecule has 0 radical (unpaired) electrons. The van der Waals surface area contributed by atoms with Crippen molar-refractivity contribution in [1.82, 2.24) is 5.32 Å². The molecule has 1 saturated carbocycles. The predicted molar refractivity (Wildman–Crippen MR) is 83.7 cm³/mol. The fourth-order valence-corrected chi connectivity index (χ4v) is 3.10. The highest BCUT2D eigenvalue weighted by Gasteiger charge is 2.30. The zero-order valence-electron chi connectivity index (χ0n) is 12.7. The van der Waals surface area contributed by atoms with E-state index in [-0.39, 0.29) is 5.92 Å². The number of carboxylic acid groups (broad SMARTS) is 1. The first-order valence-electron chi connectivity index (χ1n) is 7.84. The van der Waals surface area contributed by atoms with Crippen LogP contribution in [-0.4, -0.2) is 17.1 Å². The summed E-state index contributed by atoms with van der Waals surface area (Å²) in [4.78, 5) is 11.5. The zero-order valence-corrected chi connectivity index (χ0v) is 12.7. The monoisotopic (exact) mass is 290 g/mol. The smallest absolute Gasteiger partial charge is 0.320 e. The first-order valence-corrected chi connectivity index (χ1v) is 7.84. The van der Waals surface area contributed by atoms with Crippen molar-refractivity contribution >= 4 is 5.97 Å². The highest BCUT2D eigenvalue weighted by molar-refractivity contribution is 5.73. The standard InChI is InChI=1S/C17H26N2O2/c1-12-2-8-15(9-3-12)16(17(20)21)19-11-14-6-4-13(10-18)5-7-14/h4-7,12,15-16,19H,2-3,8-11,18H2,1H3,(H,20,21)/t12?,15?,16-/m0/s1. The molecule has 0 spiro atoms. The summed E-state index contributed by atoms with van der Waals surface area (Å²) in [7, 11) is 0. The topological polar surface area (TPSA) is 75.3 Å². The lowest BCUT2D eigenvalue weighted by Crippen LogP contribution is -2.43. The molecule has 4 N–H and O–H groups in total. The second-order valence-electron chi connectivity index (χ2n) is 6.24. The quantitative estimate of drug-likeness (QED) is 0.752. The Hall–Kier alpha value is -1.39. The van der Waals surface area contributed by atoms with Crippen molar-refractivity contribution in [1.29, 1.82) is 0 Å². The van der Waals surface area contributed by atoms with Gasteiger partial charge in [-0.3, -0.25) is 4.79 Å². The molecule has 1 aliphatic rings.